The van der Waals surface area contributed by atoms with Gasteiger partial charge in [-0.15, -0.1) is 0 Å². The third-order valence-electron chi connectivity index (χ3n) is 2.34. The van der Waals surface area contributed by atoms with Crippen molar-refractivity contribution in [2.45, 2.75) is 19.1 Å². The van der Waals surface area contributed by atoms with Gasteiger partial charge in [0.25, 0.3) is 0 Å². The molecule has 0 spiro atoms. The summed E-state index contributed by atoms with van der Waals surface area (Å²) in [7, 11) is 0. The molecule has 0 aliphatic heterocycles. The molecule has 0 fully saturated rings. The van der Waals surface area contributed by atoms with E-state index >= 15 is 0 Å². The molecule has 1 atom stereocenters. The number of hydrogen-bond donors (Lipinski definition) is 1. The van der Waals surface area contributed by atoms with Crippen molar-refractivity contribution >= 4 is 23.2 Å². The lowest BCUT2D eigenvalue weighted by Crippen LogP contribution is -2.19. The lowest BCUT2D eigenvalue weighted by atomic mass is 10.1. The molecule has 0 aliphatic rings. The third-order valence-corrected chi connectivity index (χ3v) is 2.92. The maximum absolute atomic E-state index is 9.89. The van der Waals surface area contributed by atoms with Crippen LogP contribution in [0.2, 0.25) is 10.0 Å². The highest BCUT2D eigenvalue weighted by Crippen LogP contribution is 2.22. The molecule has 90 valence electrons. The Morgan fingerprint density at radius 1 is 1.35 bits per heavy atom. The number of nitrogens with zero attached hydrogens (tertiary/aromatic N) is 3. The molecular weight excluding hydrogens is 261 g/mol. The van der Waals surface area contributed by atoms with Crippen LogP contribution in [0.4, 0.5) is 0 Å². The molecule has 0 radical (unpaired) electrons. The van der Waals surface area contributed by atoms with Crippen molar-refractivity contribution in [3.63, 3.8) is 0 Å². The van der Waals surface area contributed by atoms with E-state index in [9.17, 15) is 5.11 Å². The van der Waals surface area contributed by atoms with Gasteiger partial charge in [-0.05, 0) is 17.7 Å². The molecule has 0 amide bonds. The lowest BCUT2D eigenvalue weighted by Gasteiger charge is -2.11. The van der Waals surface area contributed by atoms with Gasteiger partial charge in [0.05, 0.1) is 12.6 Å². The number of aliphatic hydroxyl groups is 1. The predicted octanol–water partition coefficient (Wildman–Crippen LogP) is 2.19. The van der Waals surface area contributed by atoms with E-state index in [-0.39, 0.29) is 0 Å². The fourth-order valence-electron chi connectivity index (χ4n) is 1.55. The summed E-state index contributed by atoms with van der Waals surface area (Å²) in [5.74, 6) is 0. The topological polar surface area (TPSA) is 50.9 Å². The first kappa shape index (κ1) is 12.4. The molecule has 2 aromatic rings. The van der Waals surface area contributed by atoms with E-state index in [1.807, 2.05) is 6.07 Å². The molecule has 0 saturated carbocycles. The van der Waals surface area contributed by atoms with Gasteiger partial charge in [0.15, 0.2) is 0 Å². The Hall–Kier alpha value is -1.10. The second-order valence-corrected chi connectivity index (χ2v) is 4.55. The number of rotatable bonds is 4. The van der Waals surface area contributed by atoms with Crippen molar-refractivity contribution in [1.82, 2.24) is 14.8 Å². The molecule has 2 rings (SSSR count). The molecule has 6 heteroatoms. The standard InChI is InChI=1S/C11H11Cl2N3O/c12-9-2-1-8(11(13)4-9)3-10(17)5-16-7-14-6-15-16/h1-2,4,6-7,10,17H,3,5H2. The largest absolute Gasteiger partial charge is 0.391 e. The van der Waals surface area contributed by atoms with E-state index in [1.165, 1.54) is 6.33 Å². The van der Waals surface area contributed by atoms with Crippen LogP contribution < -0.4 is 0 Å². The van der Waals surface area contributed by atoms with Gasteiger partial charge in [0.2, 0.25) is 0 Å². The van der Waals surface area contributed by atoms with Gasteiger partial charge in [-0.2, -0.15) is 5.10 Å². The van der Waals surface area contributed by atoms with E-state index in [2.05, 4.69) is 10.1 Å². The summed E-state index contributed by atoms with van der Waals surface area (Å²) in [5.41, 5.74) is 0.865. The summed E-state index contributed by atoms with van der Waals surface area (Å²) in [4.78, 5) is 3.81. The van der Waals surface area contributed by atoms with Gasteiger partial charge < -0.3 is 5.11 Å². The van der Waals surface area contributed by atoms with Crippen molar-refractivity contribution in [1.29, 1.82) is 0 Å². The molecule has 1 heterocycles. The maximum Gasteiger partial charge on any atom is 0.137 e. The van der Waals surface area contributed by atoms with E-state index < -0.39 is 6.10 Å². The van der Waals surface area contributed by atoms with Gasteiger partial charge in [0.1, 0.15) is 12.7 Å². The molecule has 1 unspecified atom stereocenters. The molecule has 1 aromatic heterocycles. The van der Waals surface area contributed by atoms with Crippen LogP contribution in [-0.4, -0.2) is 26.0 Å². The van der Waals surface area contributed by atoms with Gasteiger partial charge in [-0.25, -0.2) is 4.98 Å². The van der Waals surface area contributed by atoms with Crippen molar-refractivity contribution in [2.24, 2.45) is 0 Å². The molecule has 4 nitrogen and oxygen atoms in total. The van der Waals surface area contributed by atoms with E-state index in [1.54, 1.807) is 23.1 Å². The highest BCUT2D eigenvalue weighted by atomic mass is 35.5. The number of hydrogen-bond acceptors (Lipinski definition) is 3. The molecule has 1 N–H and O–H groups in total. The summed E-state index contributed by atoms with van der Waals surface area (Å²) in [6, 6.07) is 5.24. The number of aromatic nitrogens is 3. The highest BCUT2D eigenvalue weighted by molar-refractivity contribution is 6.35. The summed E-state index contributed by atoms with van der Waals surface area (Å²) in [5, 5.41) is 15.0. The summed E-state index contributed by atoms with van der Waals surface area (Å²) in [6.45, 7) is 0.388. The predicted molar refractivity (Wildman–Crippen MR) is 66.2 cm³/mol. The molecule has 1 aromatic carbocycles. The first-order chi connectivity index (χ1) is 8.15. The van der Waals surface area contributed by atoms with Crippen molar-refractivity contribution < 1.29 is 5.11 Å². The van der Waals surface area contributed by atoms with Crippen molar-refractivity contribution in [3.05, 3.63) is 46.5 Å². The average Bonchev–Trinajstić information content (AvgIpc) is 2.75. The lowest BCUT2D eigenvalue weighted by molar-refractivity contribution is 0.149. The second kappa shape index (κ2) is 5.49. The zero-order valence-corrected chi connectivity index (χ0v) is 10.4. The number of halogens is 2. The second-order valence-electron chi connectivity index (χ2n) is 3.71. The Morgan fingerprint density at radius 3 is 2.82 bits per heavy atom. The summed E-state index contributed by atoms with van der Waals surface area (Å²) in [6.07, 6.45) is 2.89. The van der Waals surface area contributed by atoms with Gasteiger partial charge in [0, 0.05) is 16.5 Å². The fraction of sp³-hybridized carbons (Fsp3) is 0.273. The first-order valence-corrected chi connectivity index (χ1v) is 5.85. The summed E-state index contributed by atoms with van der Waals surface area (Å²) < 4.78 is 1.58. The molecule has 0 saturated heterocycles. The minimum absolute atomic E-state index is 0.388. The quantitative estimate of drug-likeness (QED) is 0.928. The third kappa shape index (κ3) is 3.43. The Kier molecular flexibility index (Phi) is 3.99. The van der Waals surface area contributed by atoms with Crippen molar-refractivity contribution in [2.75, 3.05) is 0 Å². The molecule has 0 aliphatic carbocycles. The number of aliphatic hydroxyl groups excluding tert-OH is 1. The Morgan fingerprint density at radius 2 is 2.18 bits per heavy atom. The van der Waals surface area contributed by atoms with Crippen LogP contribution in [0, 0.1) is 0 Å². The Bertz CT molecular complexity index is 487. The van der Waals surface area contributed by atoms with Gasteiger partial charge >= 0.3 is 0 Å². The van der Waals surface area contributed by atoms with Gasteiger partial charge in [-0.1, -0.05) is 29.3 Å². The smallest absolute Gasteiger partial charge is 0.137 e. The zero-order chi connectivity index (χ0) is 12.3. The van der Waals surface area contributed by atoms with Crippen LogP contribution in [0.25, 0.3) is 0 Å². The van der Waals surface area contributed by atoms with Gasteiger partial charge in [-0.3, -0.25) is 4.68 Å². The highest BCUT2D eigenvalue weighted by Gasteiger charge is 2.10. The normalized spacial score (nSPS) is 12.6. The minimum Gasteiger partial charge on any atom is -0.391 e. The van der Waals surface area contributed by atoms with Crippen molar-refractivity contribution in [3.8, 4) is 0 Å². The first-order valence-electron chi connectivity index (χ1n) is 5.09. The molecule has 17 heavy (non-hydrogen) atoms. The minimum atomic E-state index is -0.560. The monoisotopic (exact) mass is 271 g/mol. The van der Waals surface area contributed by atoms with Crippen LogP contribution in [0.3, 0.4) is 0 Å². The SMILES string of the molecule is OC(Cc1ccc(Cl)cc1Cl)Cn1cncn1. The fourth-order valence-corrected chi connectivity index (χ4v) is 2.03. The van der Waals surface area contributed by atoms with E-state index in [4.69, 9.17) is 23.2 Å². The average molecular weight is 272 g/mol. The maximum atomic E-state index is 9.89. The van der Waals surface area contributed by atoms with Crippen LogP contribution >= 0.6 is 23.2 Å². The van der Waals surface area contributed by atoms with Crippen LogP contribution in [0.1, 0.15) is 5.56 Å². The Labute approximate surface area is 109 Å². The molecule has 0 bridgehead atoms. The van der Waals surface area contributed by atoms with E-state index in [0.717, 1.165) is 5.56 Å². The van der Waals surface area contributed by atoms with E-state index in [0.29, 0.717) is 23.0 Å². The van der Waals surface area contributed by atoms with Crippen LogP contribution in [-0.2, 0) is 13.0 Å². The number of benzene rings is 1. The van der Waals surface area contributed by atoms with Crippen LogP contribution in [0.5, 0.6) is 0 Å². The Balaban J connectivity index is 2.00. The zero-order valence-electron chi connectivity index (χ0n) is 8.92. The van der Waals surface area contributed by atoms with Crippen LogP contribution in [0.15, 0.2) is 30.9 Å². The summed E-state index contributed by atoms with van der Waals surface area (Å²) >= 11 is 11.8. The molecular formula is C11H11Cl2N3O.